The van der Waals surface area contributed by atoms with Crippen LogP contribution in [0.2, 0.25) is 0 Å². The van der Waals surface area contributed by atoms with Gasteiger partial charge in [0.15, 0.2) is 0 Å². The molecule has 1 atom stereocenters. The molecule has 1 rings (SSSR count). The molecule has 0 aliphatic rings. The molecule has 0 spiro atoms. The molecule has 0 fully saturated rings. The summed E-state index contributed by atoms with van der Waals surface area (Å²) < 4.78 is 41.1. The second-order valence-corrected chi connectivity index (χ2v) is 4.64. The number of benzene rings is 1. The van der Waals surface area contributed by atoms with Crippen molar-refractivity contribution < 1.29 is 17.9 Å². The van der Waals surface area contributed by atoms with E-state index < -0.39 is 12.6 Å². The summed E-state index contributed by atoms with van der Waals surface area (Å²) >= 11 is 0. The highest BCUT2D eigenvalue weighted by molar-refractivity contribution is 5.32. The van der Waals surface area contributed by atoms with Crippen LogP contribution < -0.4 is 5.32 Å². The molecule has 1 unspecified atom stereocenters. The van der Waals surface area contributed by atoms with Gasteiger partial charge in [-0.15, -0.1) is 0 Å². The minimum absolute atomic E-state index is 0.0890. The molecule has 0 saturated carbocycles. The molecule has 1 N–H and O–H groups in total. The lowest BCUT2D eigenvalue weighted by Crippen LogP contribution is -2.24. The fourth-order valence-electron chi connectivity index (χ4n) is 1.93. The van der Waals surface area contributed by atoms with E-state index in [1.807, 2.05) is 26.0 Å². The number of rotatable bonds is 6. The predicted molar refractivity (Wildman–Crippen MR) is 69.2 cm³/mol. The van der Waals surface area contributed by atoms with Gasteiger partial charge in [-0.2, -0.15) is 13.2 Å². The maximum Gasteiger partial charge on any atom is 0.391 e. The van der Waals surface area contributed by atoms with Gasteiger partial charge in [-0.05, 0) is 32.0 Å². The van der Waals surface area contributed by atoms with Gasteiger partial charge >= 0.3 is 6.18 Å². The van der Waals surface area contributed by atoms with E-state index in [1.54, 1.807) is 7.05 Å². The third-order valence-corrected chi connectivity index (χ3v) is 2.96. The normalized spacial score (nSPS) is 13.6. The van der Waals surface area contributed by atoms with Gasteiger partial charge in [0, 0.05) is 0 Å². The quantitative estimate of drug-likeness (QED) is 0.802. The van der Waals surface area contributed by atoms with Gasteiger partial charge in [0.1, 0.15) is 0 Å². The fourth-order valence-corrected chi connectivity index (χ4v) is 1.93. The summed E-state index contributed by atoms with van der Waals surface area (Å²) in [6.45, 7) is 3.93. The summed E-state index contributed by atoms with van der Waals surface area (Å²) in [5, 5.41) is 3.07. The molecule has 0 aliphatic carbocycles. The van der Waals surface area contributed by atoms with E-state index in [9.17, 15) is 13.2 Å². The zero-order valence-corrected chi connectivity index (χ0v) is 11.5. The van der Waals surface area contributed by atoms with Crippen LogP contribution in [-0.4, -0.2) is 26.4 Å². The van der Waals surface area contributed by atoms with Crippen LogP contribution in [0.25, 0.3) is 0 Å². The monoisotopic (exact) mass is 275 g/mol. The molecule has 5 heteroatoms. The van der Waals surface area contributed by atoms with Gasteiger partial charge in [0.25, 0.3) is 0 Å². The summed E-state index contributed by atoms with van der Waals surface area (Å²) in [6.07, 6.45) is -5.06. The first kappa shape index (κ1) is 16.0. The Morgan fingerprint density at radius 1 is 1.26 bits per heavy atom. The lowest BCUT2D eigenvalue weighted by molar-refractivity contribution is -0.145. The van der Waals surface area contributed by atoms with Gasteiger partial charge < -0.3 is 10.1 Å². The van der Waals surface area contributed by atoms with Gasteiger partial charge in [0.2, 0.25) is 0 Å². The molecule has 0 aliphatic heterocycles. The number of likely N-dealkylation sites (N-methyl/N-ethyl adjacent to an activating group) is 1. The molecular weight excluding hydrogens is 255 g/mol. The Bertz CT molecular complexity index is 404. The second-order valence-electron chi connectivity index (χ2n) is 4.64. The molecule has 19 heavy (non-hydrogen) atoms. The Morgan fingerprint density at radius 3 is 2.47 bits per heavy atom. The summed E-state index contributed by atoms with van der Waals surface area (Å²) in [5.41, 5.74) is 3.33. The predicted octanol–water partition coefficient (Wildman–Crippen LogP) is 3.53. The number of nitrogens with one attached hydrogen (secondary N) is 1. The van der Waals surface area contributed by atoms with Crippen molar-refractivity contribution in [3.63, 3.8) is 0 Å². The summed E-state index contributed by atoms with van der Waals surface area (Å²) in [4.78, 5) is 0. The van der Waals surface area contributed by atoms with E-state index in [-0.39, 0.29) is 19.3 Å². The van der Waals surface area contributed by atoms with E-state index >= 15 is 0 Å². The molecule has 0 amide bonds. The van der Waals surface area contributed by atoms with Crippen LogP contribution in [0.4, 0.5) is 13.2 Å². The van der Waals surface area contributed by atoms with Crippen molar-refractivity contribution in [2.75, 3.05) is 20.3 Å². The highest BCUT2D eigenvalue weighted by Gasteiger charge is 2.26. The molecule has 0 aromatic heterocycles. The largest absolute Gasteiger partial charge is 0.391 e. The molecule has 0 bridgehead atoms. The molecule has 1 aromatic carbocycles. The lowest BCUT2D eigenvalue weighted by atomic mass is 10.00. The molecule has 0 saturated heterocycles. The van der Waals surface area contributed by atoms with Crippen molar-refractivity contribution >= 4 is 0 Å². The number of hydrogen-bond acceptors (Lipinski definition) is 2. The van der Waals surface area contributed by atoms with Crippen molar-refractivity contribution in [2.24, 2.45) is 0 Å². The lowest BCUT2D eigenvalue weighted by Gasteiger charge is -2.19. The van der Waals surface area contributed by atoms with Gasteiger partial charge in [-0.25, -0.2) is 0 Å². The van der Waals surface area contributed by atoms with Crippen molar-refractivity contribution in [3.05, 3.63) is 34.9 Å². The topological polar surface area (TPSA) is 21.3 Å². The molecule has 1 aromatic rings. The van der Waals surface area contributed by atoms with Gasteiger partial charge in [0.05, 0.1) is 25.7 Å². The SMILES string of the molecule is CNC(COCCC(F)(F)F)c1ccc(C)cc1C. The highest BCUT2D eigenvalue weighted by atomic mass is 19.4. The first-order chi connectivity index (χ1) is 8.83. The number of halogens is 3. The summed E-state index contributed by atoms with van der Waals surface area (Å²) in [6, 6.07) is 5.94. The molecular formula is C14H20F3NO. The third kappa shape index (κ3) is 5.61. The van der Waals surface area contributed by atoms with Crippen molar-refractivity contribution in [1.29, 1.82) is 0 Å². The smallest absolute Gasteiger partial charge is 0.379 e. The average molecular weight is 275 g/mol. The first-order valence-corrected chi connectivity index (χ1v) is 6.22. The Kier molecular flexibility index (Phi) is 5.82. The van der Waals surface area contributed by atoms with Crippen molar-refractivity contribution in [1.82, 2.24) is 5.32 Å². The maximum atomic E-state index is 12.0. The second kappa shape index (κ2) is 6.91. The number of ether oxygens (including phenoxy) is 1. The van der Waals surface area contributed by atoms with Gasteiger partial charge in [-0.3, -0.25) is 0 Å². The van der Waals surface area contributed by atoms with E-state index in [4.69, 9.17) is 4.74 Å². The van der Waals surface area contributed by atoms with E-state index in [0.29, 0.717) is 0 Å². The van der Waals surface area contributed by atoms with Crippen molar-refractivity contribution in [2.45, 2.75) is 32.5 Å². The first-order valence-electron chi connectivity index (χ1n) is 6.22. The van der Waals surface area contributed by atoms with Crippen molar-refractivity contribution in [3.8, 4) is 0 Å². The Labute approximate surface area is 112 Å². The average Bonchev–Trinajstić information content (AvgIpc) is 2.29. The number of hydrogen-bond donors (Lipinski definition) is 1. The Morgan fingerprint density at radius 2 is 1.95 bits per heavy atom. The number of aryl methyl sites for hydroxylation is 2. The van der Waals surface area contributed by atoms with Crippen LogP contribution in [-0.2, 0) is 4.74 Å². The third-order valence-electron chi connectivity index (χ3n) is 2.96. The maximum absolute atomic E-state index is 12.0. The number of alkyl halides is 3. The van der Waals surface area contributed by atoms with E-state index in [2.05, 4.69) is 11.4 Å². The Hall–Kier alpha value is -1.07. The zero-order valence-electron chi connectivity index (χ0n) is 11.5. The van der Waals surface area contributed by atoms with E-state index in [0.717, 1.165) is 16.7 Å². The zero-order chi connectivity index (χ0) is 14.5. The van der Waals surface area contributed by atoms with Crippen LogP contribution >= 0.6 is 0 Å². The van der Waals surface area contributed by atoms with E-state index in [1.165, 1.54) is 0 Å². The van der Waals surface area contributed by atoms with Gasteiger partial charge in [-0.1, -0.05) is 23.8 Å². The summed E-state index contributed by atoms with van der Waals surface area (Å²) in [5.74, 6) is 0. The highest BCUT2D eigenvalue weighted by Crippen LogP contribution is 2.21. The van der Waals surface area contributed by atoms with Crippen LogP contribution in [0.15, 0.2) is 18.2 Å². The molecule has 2 nitrogen and oxygen atoms in total. The van der Waals surface area contributed by atoms with Crippen LogP contribution in [0, 0.1) is 13.8 Å². The summed E-state index contributed by atoms with van der Waals surface area (Å²) in [7, 11) is 1.77. The van der Waals surface area contributed by atoms with Crippen LogP contribution in [0.3, 0.4) is 0 Å². The van der Waals surface area contributed by atoms with Crippen LogP contribution in [0.5, 0.6) is 0 Å². The molecule has 0 heterocycles. The minimum atomic E-state index is -4.16. The van der Waals surface area contributed by atoms with Crippen LogP contribution in [0.1, 0.15) is 29.2 Å². The Balaban J connectivity index is 2.54. The molecule has 108 valence electrons. The molecule has 0 radical (unpaired) electrons. The fraction of sp³-hybridized carbons (Fsp3) is 0.571. The minimum Gasteiger partial charge on any atom is -0.379 e. The standard InChI is InChI=1S/C14H20F3NO/c1-10-4-5-12(11(2)8-10)13(18-3)9-19-7-6-14(15,16)17/h4-5,8,13,18H,6-7,9H2,1-3H3.